The van der Waals surface area contributed by atoms with E-state index in [0.29, 0.717) is 6.61 Å². The molecule has 0 fully saturated rings. The highest BCUT2D eigenvalue weighted by Crippen LogP contribution is 2.37. The Balaban J connectivity index is 2.21. The Labute approximate surface area is 90.3 Å². The van der Waals surface area contributed by atoms with Crippen molar-refractivity contribution in [1.29, 1.82) is 0 Å². The zero-order valence-corrected chi connectivity index (χ0v) is 9.25. The molecule has 0 saturated carbocycles. The van der Waals surface area contributed by atoms with Gasteiger partial charge in [-0.05, 0) is 37.8 Å². The van der Waals surface area contributed by atoms with Crippen molar-refractivity contribution in [3.8, 4) is 0 Å². The summed E-state index contributed by atoms with van der Waals surface area (Å²) in [5, 5.41) is 0. The third-order valence-corrected chi connectivity index (χ3v) is 3.05. The molecule has 1 aromatic carbocycles. The molecule has 1 aliphatic carbocycles. The van der Waals surface area contributed by atoms with E-state index in [9.17, 15) is 4.79 Å². The first-order chi connectivity index (χ1) is 7.15. The summed E-state index contributed by atoms with van der Waals surface area (Å²) in [5.41, 5.74) is 2.22. The van der Waals surface area contributed by atoms with Gasteiger partial charge in [0.05, 0.1) is 12.0 Å². The third-order valence-electron chi connectivity index (χ3n) is 3.05. The van der Waals surface area contributed by atoms with Gasteiger partial charge in [0.1, 0.15) is 0 Å². The van der Waals surface area contributed by atoms with Crippen molar-refractivity contribution in [2.45, 2.75) is 26.7 Å². The average Bonchev–Trinajstić information content (AvgIpc) is 2.56. The van der Waals surface area contributed by atoms with Gasteiger partial charge in [0, 0.05) is 0 Å². The van der Waals surface area contributed by atoms with Crippen LogP contribution in [0.4, 0.5) is 0 Å². The second-order valence-electron chi connectivity index (χ2n) is 4.40. The van der Waals surface area contributed by atoms with Crippen molar-refractivity contribution in [2.75, 3.05) is 6.61 Å². The number of esters is 1. The van der Waals surface area contributed by atoms with Crippen molar-refractivity contribution < 1.29 is 9.53 Å². The van der Waals surface area contributed by atoms with Crippen molar-refractivity contribution in [1.82, 2.24) is 0 Å². The fraction of sp³-hybridized carbons (Fsp3) is 0.462. The van der Waals surface area contributed by atoms with Crippen LogP contribution in [0.25, 0.3) is 0 Å². The summed E-state index contributed by atoms with van der Waals surface area (Å²) in [4.78, 5) is 11.8. The zero-order valence-electron chi connectivity index (χ0n) is 9.25. The maximum absolute atomic E-state index is 11.8. The summed E-state index contributed by atoms with van der Waals surface area (Å²) in [6, 6.07) is 8.24. The lowest BCUT2D eigenvalue weighted by atomic mass is 9.87. The van der Waals surface area contributed by atoms with Crippen molar-refractivity contribution in [3.05, 3.63) is 35.4 Å². The van der Waals surface area contributed by atoms with Crippen LogP contribution in [0.2, 0.25) is 0 Å². The summed E-state index contributed by atoms with van der Waals surface area (Å²) >= 11 is 0. The number of carbonyl (C=O) groups excluding carboxylic acids is 1. The van der Waals surface area contributed by atoms with E-state index in [1.807, 2.05) is 26.0 Å². The van der Waals surface area contributed by atoms with E-state index < -0.39 is 0 Å². The standard InChI is InChI=1S/C13H16O2/c1-3-15-12(14)13(2)8-10-6-4-5-7-11(10)9-13/h4-7H,3,8-9H2,1-2H3. The smallest absolute Gasteiger partial charge is 0.312 e. The highest BCUT2D eigenvalue weighted by Gasteiger charge is 2.40. The third kappa shape index (κ3) is 1.76. The second kappa shape index (κ2) is 3.69. The van der Waals surface area contributed by atoms with Gasteiger partial charge in [-0.3, -0.25) is 4.79 Å². The number of benzene rings is 1. The molecular formula is C13H16O2. The first-order valence-electron chi connectivity index (χ1n) is 5.40. The monoisotopic (exact) mass is 204 g/mol. The molecule has 0 heterocycles. The highest BCUT2D eigenvalue weighted by molar-refractivity contribution is 5.78. The van der Waals surface area contributed by atoms with E-state index in [1.165, 1.54) is 11.1 Å². The first kappa shape index (κ1) is 10.2. The normalized spacial score (nSPS) is 17.2. The van der Waals surface area contributed by atoms with Crippen LogP contribution in [-0.2, 0) is 22.4 Å². The van der Waals surface area contributed by atoms with Gasteiger partial charge >= 0.3 is 5.97 Å². The van der Waals surface area contributed by atoms with Gasteiger partial charge in [-0.2, -0.15) is 0 Å². The number of hydrogen-bond donors (Lipinski definition) is 0. The van der Waals surface area contributed by atoms with Crippen molar-refractivity contribution in [3.63, 3.8) is 0 Å². The molecule has 1 aliphatic rings. The van der Waals surface area contributed by atoms with Gasteiger partial charge in [-0.1, -0.05) is 24.3 Å². The van der Waals surface area contributed by atoms with Gasteiger partial charge in [-0.25, -0.2) is 0 Å². The van der Waals surface area contributed by atoms with E-state index >= 15 is 0 Å². The SMILES string of the molecule is CCOC(=O)C1(C)Cc2ccccc2C1. The maximum atomic E-state index is 11.8. The fourth-order valence-corrected chi connectivity index (χ4v) is 2.26. The summed E-state index contributed by atoms with van der Waals surface area (Å²) in [6.45, 7) is 4.30. The molecule has 15 heavy (non-hydrogen) atoms. The van der Waals surface area contributed by atoms with Gasteiger partial charge in [0.25, 0.3) is 0 Å². The summed E-state index contributed by atoms with van der Waals surface area (Å²) in [7, 11) is 0. The Hall–Kier alpha value is -1.31. The largest absolute Gasteiger partial charge is 0.466 e. The number of fused-ring (bicyclic) bond motifs is 1. The van der Waals surface area contributed by atoms with Gasteiger partial charge in [0.15, 0.2) is 0 Å². The van der Waals surface area contributed by atoms with Crippen LogP contribution >= 0.6 is 0 Å². The Bertz CT molecular complexity index is 357. The van der Waals surface area contributed by atoms with Crippen LogP contribution < -0.4 is 0 Å². The van der Waals surface area contributed by atoms with Crippen LogP contribution in [0.5, 0.6) is 0 Å². The predicted molar refractivity (Wildman–Crippen MR) is 58.6 cm³/mol. The molecule has 0 atom stereocenters. The molecule has 0 unspecified atom stereocenters. The van der Waals surface area contributed by atoms with Gasteiger partial charge in [0.2, 0.25) is 0 Å². The lowest BCUT2D eigenvalue weighted by molar-refractivity contribution is -0.153. The molecule has 2 rings (SSSR count). The second-order valence-corrected chi connectivity index (χ2v) is 4.40. The first-order valence-corrected chi connectivity index (χ1v) is 5.40. The molecule has 0 N–H and O–H groups in total. The Kier molecular flexibility index (Phi) is 2.51. The summed E-state index contributed by atoms with van der Waals surface area (Å²) in [6.07, 6.45) is 1.62. The fourth-order valence-electron chi connectivity index (χ4n) is 2.26. The Morgan fingerprint density at radius 1 is 1.33 bits per heavy atom. The van der Waals surface area contributed by atoms with Gasteiger partial charge in [-0.15, -0.1) is 0 Å². The van der Waals surface area contributed by atoms with Crippen LogP contribution in [0, 0.1) is 5.41 Å². The summed E-state index contributed by atoms with van der Waals surface area (Å²) in [5.74, 6) is -0.0683. The van der Waals surface area contributed by atoms with Crippen LogP contribution in [-0.4, -0.2) is 12.6 Å². The van der Waals surface area contributed by atoms with Crippen molar-refractivity contribution >= 4 is 5.97 Å². The molecule has 0 aromatic heterocycles. The molecule has 0 aliphatic heterocycles. The lowest BCUT2D eigenvalue weighted by Gasteiger charge is -2.20. The highest BCUT2D eigenvalue weighted by atomic mass is 16.5. The minimum Gasteiger partial charge on any atom is -0.466 e. The van der Waals surface area contributed by atoms with E-state index in [4.69, 9.17) is 4.74 Å². The maximum Gasteiger partial charge on any atom is 0.312 e. The minimum absolute atomic E-state index is 0.0683. The molecule has 0 bridgehead atoms. The number of hydrogen-bond acceptors (Lipinski definition) is 2. The summed E-state index contributed by atoms with van der Waals surface area (Å²) < 4.78 is 5.12. The number of rotatable bonds is 2. The van der Waals surface area contributed by atoms with Crippen LogP contribution in [0.15, 0.2) is 24.3 Å². The van der Waals surface area contributed by atoms with E-state index in [2.05, 4.69) is 12.1 Å². The molecule has 80 valence electrons. The molecule has 2 nitrogen and oxygen atoms in total. The van der Waals surface area contributed by atoms with Crippen molar-refractivity contribution in [2.24, 2.45) is 5.41 Å². The van der Waals surface area contributed by atoms with Crippen LogP contribution in [0.1, 0.15) is 25.0 Å². The zero-order chi connectivity index (χ0) is 10.9. The number of carbonyl (C=O) groups is 1. The average molecular weight is 204 g/mol. The Morgan fingerprint density at radius 3 is 2.33 bits per heavy atom. The molecule has 0 amide bonds. The quantitative estimate of drug-likeness (QED) is 0.691. The predicted octanol–water partition coefficient (Wildman–Crippen LogP) is 2.35. The lowest BCUT2D eigenvalue weighted by Crippen LogP contribution is -2.30. The molecular weight excluding hydrogens is 188 g/mol. The van der Waals surface area contributed by atoms with E-state index in [1.54, 1.807) is 0 Å². The minimum atomic E-state index is -0.348. The topological polar surface area (TPSA) is 26.3 Å². The van der Waals surface area contributed by atoms with Crippen LogP contribution in [0.3, 0.4) is 0 Å². The Morgan fingerprint density at radius 2 is 1.87 bits per heavy atom. The van der Waals surface area contributed by atoms with Gasteiger partial charge < -0.3 is 4.74 Å². The molecule has 0 spiro atoms. The molecule has 2 heteroatoms. The van der Waals surface area contributed by atoms with E-state index in [0.717, 1.165) is 12.8 Å². The molecule has 0 radical (unpaired) electrons. The molecule has 0 saturated heterocycles. The molecule has 1 aromatic rings. The van der Waals surface area contributed by atoms with E-state index in [-0.39, 0.29) is 11.4 Å². The number of ether oxygens (including phenoxy) is 1.